The molecular formula is C14H22N2O3S. The number of aryl methyl sites for hydroxylation is 1. The summed E-state index contributed by atoms with van der Waals surface area (Å²) in [5, 5.41) is 3.06. The molecule has 2 rings (SSSR count). The minimum absolute atomic E-state index is 0.0736. The first kappa shape index (κ1) is 15.3. The topological polar surface area (TPSA) is 51.7 Å². The molecule has 1 amide bonds. The molecular weight excluding hydrogens is 276 g/mol. The van der Waals surface area contributed by atoms with Gasteiger partial charge in [-0.1, -0.05) is 0 Å². The van der Waals surface area contributed by atoms with Crippen molar-refractivity contribution in [3.05, 3.63) is 16.1 Å². The maximum atomic E-state index is 11.9. The number of nitrogens with zero attached hydrogens (tertiary/aromatic N) is 2. The second kappa shape index (κ2) is 6.10. The molecule has 1 atom stereocenters. The molecule has 1 saturated heterocycles. The van der Waals surface area contributed by atoms with Crippen molar-refractivity contribution in [1.82, 2.24) is 9.88 Å². The second-order valence-electron chi connectivity index (χ2n) is 6.01. The minimum atomic E-state index is -0.450. The van der Waals surface area contributed by atoms with Crippen LogP contribution >= 0.6 is 11.3 Å². The van der Waals surface area contributed by atoms with Crippen molar-refractivity contribution in [3.63, 3.8) is 0 Å². The van der Waals surface area contributed by atoms with Crippen LogP contribution in [0.15, 0.2) is 5.38 Å². The number of aromatic nitrogens is 1. The minimum Gasteiger partial charge on any atom is -0.444 e. The molecule has 0 spiro atoms. The van der Waals surface area contributed by atoms with E-state index in [0.29, 0.717) is 19.7 Å². The summed E-state index contributed by atoms with van der Waals surface area (Å²) in [6.45, 7) is 9.40. The van der Waals surface area contributed by atoms with Crippen LogP contribution in [0.1, 0.15) is 37.9 Å². The smallest absolute Gasteiger partial charge is 0.410 e. The maximum absolute atomic E-state index is 11.9. The summed E-state index contributed by atoms with van der Waals surface area (Å²) in [4.78, 5) is 18.0. The molecule has 1 aliphatic heterocycles. The summed E-state index contributed by atoms with van der Waals surface area (Å²) < 4.78 is 11.2. The molecule has 1 fully saturated rings. The molecule has 0 unspecified atom stereocenters. The van der Waals surface area contributed by atoms with Crippen molar-refractivity contribution in [3.8, 4) is 0 Å². The largest absolute Gasteiger partial charge is 0.444 e. The molecule has 0 radical (unpaired) electrons. The average molecular weight is 298 g/mol. The van der Waals surface area contributed by atoms with Crippen molar-refractivity contribution >= 4 is 17.4 Å². The summed E-state index contributed by atoms with van der Waals surface area (Å²) in [5.41, 5.74) is 0.511. The van der Waals surface area contributed by atoms with Gasteiger partial charge in [0.2, 0.25) is 0 Å². The van der Waals surface area contributed by atoms with Gasteiger partial charge in [0.25, 0.3) is 0 Å². The molecule has 5 nitrogen and oxygen atoms in total. The Morgan fingerprint density at radius 1 is 1.55 bits per heavy atom. The number of thiazole rings is 1. The number of carbonyl (C=O) groups excluding carboxylic acids is 1. The highest BCUT2D eigenvalue weighted by molar-refractivity contribution is 7.09. The van der Waals surface area contributed by atoms with E-state index in [2.05, 4.69) is 4.98 Å². The van der Waals surface area contributed by atoms with E-state index in [1.54, 1.807) is 16.2 Å². The molecule has 6 heteroatoms. The van der Waals surface area contributed by atoms with Gasteiger partial charge in [-0.2, -0.15) is 0 Å². The number of hydrogen-bond acceptors (Lipinski definition) is 5. The molecule has 112 valence electrons. The summed E-state index contributed by atoms with van der Waals surface area (Å²) in [6, 6.07) is 0. The second-order valence-corrected chi connectivity index (χ2v) is 7.07. The van der Waals surface area contributed by atoms with E-state index in [9.17, 15) is 4.79 Å². The number of hydrogen-bond donors (Lipinski definition) is 0. The van der Waals surface area contributed by atoms with Gasteiger partial charge in [0.1, 0.15) is 5.60 Å². The van der Waals surface area contributed by atoms with Gasteiger partial charge in [-0.3, -0.25) is 0 Å². The SMILES string of the molecule is Cc1nc(CO[C@H]2CCN(C(=O)OC(C)(C)C)C2)cs1. The Hall–Kier alpha value is -1.14. The Morgan fingerprint density at radius 2 is 2.30 bits per heavy atom. The van der Waals surface area contributed by atoms with E-state index in [0.717, 1.165) is 17.1 Å². The Labute approximate surface area is 123 Å². The lowest BCUT2D eigenvalue weighted by Crippen LogP contribution is -2.36. The molecule has 1 aliphatic rings. The molecule has 1 aromatic heterocycles. The van der Waals surface area contributed by atoms with E-state index in [1.165, 1.54) is 0 Å². The highest BCUT2D eigenvalue weighted by atomic mass is 32.1. The zero-order valence-electron chi connectivity index (χ0n) is 12.5. The van der Waals surface area contributed by atoms with Crippen LogP contribution in [0.25, 0.3) is 0 Å². The first-order valence-corrected chi connectivity index (χ1v) is 7.72. The van der Waals surface area contributed by atoms with Gasteiger partial charge in [0.05, 0.1) is 30.0 Å². The molecule has 2 heterocycles. The van der Waals surface area contributed by atoms with Crippen molar-refractivity contribution in [1.29, 1.82) is 0 Å². The van der Waals surface area contributed by atoms with Gasteiger partial charge in [-0.05, 0) is 34.1 Å². The van der Waals surface area contributed by atoms with Crippen LogP contribution in [0.4, 0.5) is 4.79 Å². The van der Waals surface area contributed by atoms with Crippen LogP contribution in [-0.4, -0.2) is 40.8 Å². The van der Waals surface area contributed by atoms with Crippen molar-refractivity contribution in [2.75, 3.05) is 13.1 Å². The first-order chi connectivity index (χ1) is 9.33. The Morgan fingerprint density at radius 3 is 2.90 bits per heavy atom. The predicted octanol–water partition coefficient (Wildman–Crippen LogP) is 2.98. The fourth-order valence-electron chi connectivity index (χ4n) is 2.03. The molecule has 0 bridgehead atoms. The molecule has 0 aromatic carbocycles. The van der Waals surface area contributed by atoms with Crippen LogP contribution in [0, 0.1) is 6.92 Å². The Kier molecular flexibility index (Phi) is 4.65. The maximum Gasteiger partial charge on any atom is 0.410 e. The number of ether oxygens (including phenoxy) is 2. The molecule has 0 saturated carbocycles. The third-order valence-electron chi connectivity index (χ3n) is 2.93. The Bertz CT molecular complexity index is 467. The lowest BCUT2D eigenvalue weighted by molar-refractivity contribution is 0.0180. The summed E-state index contributed by atoms with van der Waals surface area (Å²) in [6.07, 6.45) is 0.667. The van der Waals surface area contributed by atoms with Crippen LogP contribution in [0.3, 0.4) is 0 Å². The monoisotopic (exact) mass is 298 g/mol. The normalized spacial score (nSPS) is 19.4. The molecule has 0 aliphatic carbocycles. The van der Waals surface area contributed by atoms with Crippen LogP contribution in [0.2, 0.25) is 0 Å². The zero-order chi connectivity index (χ0) is 14.8. The van der Waals surface area contributed by atoms with Crippen molar-refractivity contribution < 1.29 is 14.3 Å². The third-order valence-corrected chi connectivity index (χ3v) is 3.75. The van der Waals surface area contributed by atoms with E-state index in [-0.39, 0.29) is 12.2 Å². The van der Waals surface area contributed by atoms with Crippen molar-refractivity contribution in [2.45, 2.75) is 52.4 Å². The number of likely N-dealkylation sites (tertiary alicyclic amines) is 1. The van der Waals surface area contributed by atoms with Crippen molar-refractivity contribution in [2.24, 2.45) is 0 Å². The van der Waals surface area contributed by atoms with Gasteiger partial charge in [-0.15, -0.1) is 11.3 Å². The van der Waals surface area contributed by atoms with Gasteiger partial charge in [0.15, 0.2) is 0 Å². The highest BCUT2D eigenvalue weighted by Gasteiger charge is 2.30. The molecule has 0 N–H and O–H groups in total. The summed E-state index contributed by atoms with van der Waals surface area (Å²) in [5.74, 6) is 0. The number of amides is 1. The van der Waals surface area contributed by atoms with Gasteiger partial charge >= 0.3 is 6.09 Å². The standard InChI is InChI=1S/C14H22N2O3S/c1-10-15-11(9-20-10)8-18-12-5-6-16(7-12)13(17)19-14(2,3)4/h9,12H,5-8H2,1-4H3/t12-/m0/s1. The van der Waals surface area contributed by atoms with E-state index in [4.69, 9.17) is 9.47 Å². The van der Waals surface area contributed by atoms with E-state index < -0.39 is 5.60 Å². The fourth-order valence-corrected chi connectivity index (χ4v) is 2.63. The zero-order valence-corrected chi connectivity index (χ0v) is 13.3. The quantitative estimate of drug-likeness (QED) is 0.861. The average Bonchev–Trinajstić information content (AvgIpc) is 2.93. The van der Waals surface area contributed by atoms with Gasteiger partial charge in [-0.25, -0.2) is 9.78 Å². The predicted molar refractivity (Wildman–Crippen MR) is 77.9 cm³/mol. The first-order valence-electron chi connectivity index (χ1n) is 6.84. The summed E-state index contributed by atoms with van der Waals surface area (Å²) in [7, 11) is 0. The van der Waals surface area contributed by atoms with Crippen LogP contribution in [0.5, 0.6) is 0 Å². The van der Waals surface area contributed by atoms with E-state index in [1.807, 2.05) is 33.1 Å². The number of rotatable bonds is 3. The van der Waals surface area contributed by atoms with Crippen LogP contribution < -0.4 is 0 Å². The lowest BCUT2D eigenvalue weighted by atomic mass is 10.2. The summed E-state index contributed by atoms with van der Waals surface area (Å²) >= 11 is 1.62. The van der Waals surface area contributed by atoms with Gasteiger partial charge < -0.3 is 14.4 Å². The number of carbonyl (C=O) groups is 1. The van der Waals surface area contributed by atoms with Crippen LogP contribution in [-0.2, 0) is 16.1 Å². The molecule has 1 aromatic rings. The highest BCUT2D eigenvalue weighted by Crippen LogP contribution is 2.18. The fraction of sp³-hybridized carbons (Fsp3) is 0.714. The Balaban J connectivity index is 1.76. The van der Waals surface area contributed by atoms with E-state index >= 15 is 0 Å². The van der Waals surface area contributed by atoms with Gasteiger partial charge in [0, 0.05) is 11.9 Å². The lowest BCUT2D eigenvalue weighted by Gasteiger charge is -2.24. The third kappa shape index (κ3) is 4.45. The molecule has 20 heavy (non-hydrogen) atoms.